The SMILES string of the molecule is O=C1CSC(=NN=Cc2cccc(OCc3ccc(Br)cc3F)c2)N1. The first-order chi connectivity index (χ1) is 12.1. The summed E-state index contributed by atoms with van der Waals surface area (Å²) >= 11 is 4.53. The van der Waals surface area contributed by atoms with Crippen LogP contribution in [0.1, 0.15) is 11.1 Å². The average molecular weight is 422 g/mol. The Bertz CT molecular complexity index is 858. The largest absolute Gasteiger partial charge is 0.489 e. The fourth-order valence-electron chi connectivity index (χ4n) is 2.01. The van der Waals surface area contributed by atoms with E-state index in [4.69, 9.17) is 4.74 Å². The predicted molar refractivity (Wildman–Crippen MR) is 101 cm³/mol. The van der Waals surface area contributed by atoms with Gasteiger partial charge in [0.2, 0.25) is 5.91 Å². The zero-order valence-corrected chi connectivity index (χ0v) is 15.3. The molecule has 0 aliphatic carbocycles. The Hall–Kier alpha value is -2.19. The number of halogens is 2. The maximum absolute atomic E-state index is 13.8. The maximum atomic E-state index is 13.8. The van der Waals surface area contributed by atoms with E-state index in [0.29, 0.717) is 26.7 Å². The number of rotatable bonds is 5. The lowest BCUT2D eigenvalue weighted by Gasteiger charge is -2.08. The Kier molecular flexibility index (Phi) is 5.83. The molecule has 0 spiro atoms. The van der Waals surface area contributed by atoms with Gasteiger partial charge in [-0.25, -0.2) is 4.39 Å². The minimum absolute atomic E-state index is 0.0745. The molecule has 8 heteroatoms. The molecule has 3 rings (SSSR count). The standard InChI is InChI=1S/C17H13BrFN3O2S/c18-13-5-4-12(15(19)7-13)9-24-14-3-1-2-11(6-14)8-20-22-17-21-16(23)10-25-17/h1-8H,9-10H2,(H,21,22,23). The highest BCUT2D eigenvalue weighted by Crippen LogP contribution is 2.18. The zero-order valence-electron chi connectivity index (χ0n) is 12.9. The van der Waals surface area contributed by atoms with E-state index in [1.165, 1.54) is 17.8 Å². The Morgan fingerprint density at radius 2 is 2.20 bits per heavy atom. The Morgan fingerprint density at radius 3 is 2.96 bits per heavy atom. The van der Waals surface area contributed by atoms with Crippen LogP contribution < -0.4 is 10.1 Å². The van der Waals surface area contributed by atoms with Crippen molar-refractivity contribution >= 4 is 45.0 Å². The number of carbonyl (C=O) groups excluding carboxylic acids is 1. The van der Waals surface area contributed by atoms with Gasteiger partial charge in [-0.2, -0.15) is 5.10 Å². The normalized spacial score (nSPS) is 15.8. The van der Waals surface area contributed by atoms with Crippen LogP contribution in [-0.4, -0.2) is 23.0 Å². The Morgan fingerprint density at radius 1 is 1.32 bits per heavy atom. The monoisotopic (exact) mass is 421 g/mol. The number of hydrogen-bond donors (Lipinski definition) is 1. The first kappa shape index (κ1) is 17.6. The average Bonchev–Trinajstić information content (AvgIpc) is 3.00. The van der Waals surface area contributed by atoms with Crippen LogP contribution >= 0.6 is 27.7 Å². The zero-order chi connectivity index (χ0) is 17.6. The minimum atomic E-state index is -0.320. The lowest BCUT2D eigenvalue weighted by Crippen LogP contribution is -2.19. The quantitative estimate of drug-likeness (QED) is 0.590. The van der Waals surface area contributed by atoms with Crippen LogP contribution in [0.4, 0.5) is 4.39 Å². The third-order valence-corrected chi connectivity index (χ3v) is 4.57. The molecule has 2 aromatic carbocycles. The smallest absolute Gasteiger partial charge is 0.236 e. The van der Waals surface area contributed by atoms with Crippen molar-refractivity contribution in [3.8, 4) is 5.75 Å². The van der Waals surface area contributed by atoms with Gasteiger partial charge in [0, 0.05) is 10.0 Å². The number of ether oxygens (including phenoxy) is 1. The van der Waals surface area contributed by atoms with E-state index in [0.717, 1.165) is 5.56 Å². The molecule has 2 aromatic rings. The summed E-state index contributed by atoms with van der Waals surface area (Å²) in [6, 6.07) is 12.1. The van der Waals surface area contributed by atoms with Gasteiger partial charge in [-0.05, 0) is 29.8 Å². The molecular weight excluding hydrogens is 409 g/mol. The molecule has 0 radical (unpaired) electrons. The molecule has 1 heterocycles. The molecule has 25 heavy (non-hydrogen) atoms. The predicted octanol–water partition coefficient (Wildman–Crippen LogP) is 3.72. The van der Waals surface area contributed by atoms with Crippen molar-refractivity contribution in [2.75, 3.05) is 5.75 Å². The molecule has 1 aliphatic rings. The summed E-state index contributed by atoms with van der Waals surface area (Å²) in [5, 5.41) is 11.0. The molecule has 0 unspecified atom stereocenters. The summed E-state index contributed by atoms with van der Waals surface area (Å²) < 4.78 is 20.1. The third kappa shape index (κ3) is 5.14. The lowest BCUT2D eigenvalue weighted by atomic mass is 10.2. The fraction of sp³-hybridized carbons (Fsp3) is 0.118. The van der Waals surface area contributed by atoms with Crippen LogP contribution in [0.2, 0.25) is 0 Å². The summed E-state index contributed by atoms with van der Waals surface area (Å²) in [5.74, 6) is 0.570. The Labute approximate surface area is 156 Å². The van der Waals surface area contributed by atoms with E-state index in [1.54, 1.807) is 30.5 Å². The van der Waals surface area contributed by atoms with Gasteiger partial charge in [0.05, 0.1) is 12.0 Å². The van der Waals surface area contributed by atoms with E-state index in [1.807, 2.05) is 12.1 Å². The van der Waals surface area contributed by atoms with Gasteiger partial charge < -0.3 is 10.1 Å². The van der Waals surface area contributed by atoms with E-state index < -0.39 is 0 Å². The van der Waals surface area contributed by atoms with E-state index in [9.17, 15) is 9.18 Å². The summed E-state index contributed by atoms with van der Waals surface area (Å²) in [5.41, 5.74) is 1.26. The molecule has 5 nitrogen and oxygen atoms in total. The highest BCUT2D eigenvalue weighted by atomic mass is 79.9. The van der Waals surface area contributed by atoms with Gasteiger partial charge in [0.25, 0.3) is 0 Å². The van der Waals surface area contributed by atoms with Crippen LogP contribution in [0.25, 0.3) is 0 Å². The van der Waals surface area contributed by atoms with Crippen LogP contribution in [0, 0.1) is 5.82 Å². The van der Waals surface area contributed by atoms with Gasteiger partial charge in [0.15, 0.2) is 5.17 Å². The van der Waals surface area contributed by atoms with Gasteiger partial charge in [-0.1, -0.05) is 45.9 Å². The summed E-state index contributed by atoms with van der Waals surface area (Å²) in [4.78, 5) is 11.1. The topological polar surface area (TPSA) is 63.0 Å². The molecule has 0 atom stereocenters. The number of carbonyl (C=O) groups is 1. The number of hydrogen-bond acceptors (Lipinski definition) is 5. The van der Waals surface area contributed by atoms with Crippen LogP contribution in [0.3, 0.4) is 0 Å². The van der Waals surface area contributed by atoms with Crippen LogP contribution in [0.15, 0.2) is 57.1 Å². The number of thioether (sulfide) groups is 1. The van der Waals surface area contributed by atoms with Gasteiger partial charge in [0.1, 0.15) is 18.2 Å². The molecular formula is C17H13BrFN3O2S. The number of amidine groups is 1. The third-order valence-electron chi connectivity index (χ3n) is 3.21. The molecule has 128 valence electrons. The van der Waals surface area contributed by atoms with Crippen molar-refractivity contribution in [2.45, 2.75) is 6.61 Å². The van der Waals surface area contributed by atoms with Crippen molar-refractivity contribution in [3.63, 3.8) is 0 Å². The van der Waals surface area contributed by atoms with E-state index in [-0.39, 0.29) is 18.3 Å². The van der Waals surface area contributed by atoms with Crippen molar-refractivity contribution in [1.29, 1.82) is 0 Å². The summed E-state index contributed by atoms with van der Waals surface area (Å²) in [7, 11) is 0. The molecule has 1 aliphatic heterocycles. The minimum Gasteiger partial charge on any atom is -0.489 e. The lowest BCUT2D eigenvalue weighted by molar-refractivity contribution is -0.116. The van der Waals surface area contributed by atoms with E-state index >= 15 is 0 Å². The maximum Gasteiger partial charge on any atom is 0.236 e. The Balaban J connectivity index is 1.62. The second-order valence-electron chi connectivity index (χ2n) is 5.08. The molecule has 0 saturated carbocycles. The molecule has 1 fully saturated rings. The highest BCUT2D eigenvalue weighted by molar-refractivity contribution is 9.10. The van der Waals surface area contributed by atoms with Crippen molar-refractivity contribution < 1.29 is 13.9 Å². The highest BCUT2D eigenvalue weighted by Gasteiger charge is 2.15. The fourth-order valence-corrected chi connectivity index (χ4v) is 2.98. The van der Waals surface area contributed by atoms with Gasteiger partial charge in [-0.3, -0.25) is 4.79 Å². The summed E-state index contributed by atoms with van der Waals surface area (Å²) in [6.45, 7) is 0.130. The van der Waals surface area contributed by atoms with E-state index in [2.05, 4.69) is 31.4 Å². The number of nitrogens with zero attached hydrogens (tertiary/aromatic N) is 2. The number of nitrogens with one attached hydrogen (secondary N) is 1. The van der Waals surface area contributed by atoms with Gasteiger partial charge in [-0.15, -0.1) is 5.10 Å². The van der Waals surface area contributed by atoms with Crippen molar-refractivity contribution in [2.24, 2.45) is 10.2 Å². The van der Waals surface area contributed by atoms with Gasteiger partial charge >= 0.3 is 0 Å². The summed E-state index contributed by atoms with van der Waals surface area (Å²) in [6.07, 6.45) is 1.56. The molecule has 1 N–H and O–H groups in total. The molecule has 1 saturated heterocycles. The van der Waals surface area contributed by atoms with Crippen molar-refractivity contribution in [1.82, 2.24) is 5.32 Å². The molecule has 1 amide bonds. The second kappa shape index (κ2) is 8.26. The first-order valence-corrected chi connectivity index (χ1v) is 9.08. The van der Waals surface area contributed by atoms with Crippen LogP contribution in [-0.2, 0) is 11.4 Å². The number of benzene rings is 2. The van der Waals surface area contributed by atoms with Crippen LogP contribution in [0.5, 0.6) is 5.75 Å². The molecule has 0 aromatic heterocycles. The number of amides is 1. The first-order valence-electron chi connectivity index (χ1n) is 7.30. The van der Waals surface area contributed by atoms with Crippen molar-refractivity contribution in [3.05, 3.63) is 63.9 Å². The second-order valence-corrected chi connectivity index (χ2v) is 6.96. The molecule has 0 bridgehead atoms.